The third kappa shape index (κ3) is 5.72. The van der Waals surface area contributed by atoms with E-state index in [0.29, 0.717) is 6.61 Å². The fraction of sp³-hybridized carbons (Fsp3) is 0.304. The van der Waals surface area contributed by atoms with E-state index in [0.717, 1.165) is 47.4 Å². The van der Waals surface area contributed by atoms with Gasteiger partial charge in [0.15, 0.2) is 0 Å². The number of para-hydroxylation sites is 1. The molecule has 1 amide bonds. The van der Waals surface area contributed by atoms with Crippen LogP contribution in [0.25, 0.3) is 6.08 Å². The maximum Gasteiger partial charge on any atom is 0.266 e. The number of rotatable bonds is 8. The van der Waals surface area contributed by atoms with Gasteiger partial charge >= 0.3 is 0 Å². The molecular formula is C23H26N2O2. The second-order valence-electron chi connectivity index (χ2n) is 6.36. The van der Waals surface area contributed by atoms with E-state index < -0.39 is 5.91 Å². The molecular weight excluding hydrogens is 336 g/mol. The van der Waals surface area contributed by atoms with Crippen molar-refractivity contribution in [2.24, 2.45) is 0 Å². The molecule has 1 N–H and O–H groups in total. The molecule has 0 heterocycles. The van der Waals surface area contributed by atoms with Gasteiger partial charge in [-0.05, 0) is 54.7 Å². The van der Waals surface area contributed by atoms with Gasteiger partial charge in [0.2, 0.25) is 0 Å². The van der Waals surface area contributed by atoms with E-state index in [2.05, 4.69) is 12.2 Å². The van der Waals surface area contributed by atoms with Crippen LogP contribution in [0.2, 0.25) is 0 Å². The molecule has 0 aliphatic carbocycles. The summed E-state index contributed by atoms with van der Waals surface area (Å²) in [5.41, 5.74) is 3.67. The van der Waals surface area contributed by atoms with E-state index in [4.69, 9.17) is 4.74 Å². The molecule has 0 saturated heterocycles. The van der Waals surface area contributed by atoms with Crippen LogP contribution in [0, 0.1) is 18.3 Å². The minimum absolute atomic E-state index is 0.0694. The van der Waals surface area contributed by atoms with Gasteiger partial charge in [0.1, 0.15) is 17.4 Å². The number of hydrogen-bond acceptors (Lipinski definition) is 3. The fourth-order valence-corrected chi connectivity index (χ4v) is 2.69. The minimum Gasteiger partial charge on any atom is -0.494 e. The molecule has 4 heteroatoms. The predicted octanol–water partition coefficient (Wildman–Crippen LogP) is 5.28. The number of benzene rings is 2. The van der Waals surface area contributed by atoms with Gasteiger partial charge in [-0.2, -0.15) is 5.26 Å². The number of carbonyl (C=O) groups excluding carboxylic acids is 1. The normalized spacial score (nSPS) is 11.0. The van der Waals surface area contributed by atoms with Crippen LogP contribution in [0.15, 0.2) is 48.0 Å². The number of unbranched alkanes of at least 4 members (excludes halogenated alkanes) is 1. The summed E-state index contributed by atoms with van der Waals surface area (Å²) in [6, 6.07) is 15.3. The number of amides is 1. The molecule has 27 heavy (non-hydrogen) atoms. The largest absolute Gasteiger partial charge is 0.494 e. The fourth-order valence-electron chi connectivity index (χ4n) is 2.69. The number of aryl methyl sites for hydroxylation is 2. The maximum atomic E-state index is 12.6. The number of nitrogens with zero attached hydrogens (tertiary/aromatic N) is 1. The third-order valence-corrected chi connectivity index (χ3v) is 4.30. The highest BCUT2D eigenvalue weighted by Crippen LogP contribution is 2.22. The number of ether oxygens (including phenoxy) is 1. The van der Waals surface area contributed by atoms with E-state index in [1.165, 1.54) is 0 Å². The summed E-state index contributed by atoms with van der Waals surface area (Å²) in [5.74, 6) is 0.390. The Bertz CT molecular complexity index is 846. The number of nitrogens with one attached hydrogen (secondary N) is 1. The first-order valence-electron chi connectivity index (χ1n) is 9.33. The van der Waals surface area contributed by atoms with Crippen molar-refractivity contribution < 1.29 is 9.53 Å². The van der Waals surface area contributed by atoms with Gasteiger partial charge in [-0.15, -0.1) is 0 Å². The molecule has 0 atom stereocenters. The summed E-state index contributed by atoms with van der Waals surface area (Å²) in [6.07, 6.45) is 4.50. The molecule has 140 valence electrons. The van der Waals surface area contributed by atoms with Crippen LogP contribution >= 0.6 is 0 Å². The predicted molar refractivity (Wildman–Crippen MR) is 110 cm³/mol. The monoisotopic (exact) mass is 362 g/mol. The van der Waals surface area contributed by atoms with E-state index in [1.54, 1.807) is 6.08 Å². The number of anilines is 1. The average molecular weight is 362 g/mol. The van der Waals surface area contributed by atoms with Crippen LogP contribution < -0.4 is 10.1 Å². The van der Waals surface area contributed by atoms with Crippen molar-refractivity contribution in [1.82, 2.24) is 0 Å². The Morgan fingerprint density at radius 1 is 1.19 bits per heavy atom. The van der Waals surface area contributed by atoms with Crippen LogP contribution in [0.3, 0.4) is 0 Å². The molecule has 0 saturated carbocycles. The van der Waals surface area contributed by atoms with Crippen LogP contribution in [0.1, 0.15) is 43.4 Å². The van der Waals surface area contributed by atoms with E-state index >= 15 is 0 Å². The van der Waals surface area contributed by atoms with Crippen LogP contribution in [0.5, 0.6) is 5.75 Å². The Morgan fingerprint density at radius 3 is 2.56 bits per heavy atom. The Kier molecular flexibility index (Phi) is 7.63. The van der Waals surface area contributed by atoms with Gasteiger partial charge in [0.25, 0.3) is 5.91 Å². The van der Waals surface area contributed by atoms with Gasteiger partial charge in [-0.25, -0.2) is 0 Å². The highest BCUT2D eigenvalue weighted by molar-refractivity contribution is 6.10. The number of hydrogen-bond donors (Lipinski definition) is 1. The van der Waals surface area contributed by atoms with Gasteiger partial charge in [0.05, 0.1) is 6.61 Å². The quantitative estimate of drug-likeness (QED) is 0.395. The standard InChI is InChI=1S/C23H26N2O2/c1-4-6-14-27-21-12-10-18(11-13-21)15-20(16-24)23(26)25-22-17(3)8-7-9-19(22)5-2/h7-13,15H,4-6,14H2,1-3H3,(H,25,26)/b20-15+. The second kappa shape index (κ2) is 10.2. The average Bonchev–Trinajstić information content (AvgIpc) is 2.68. The van der Waals surface area contributed by atoms with Gasteiger partial charge < -0.3 is 10.1 Å². The molecule has 0 unspecified atom stereocenters. The summed E-state index contributed by atoms with van der Waals surface area (Å²) >= 11 is 0. The first-order valence-corrected chi connectivity index (χ1v) is 9.33. The smallest absolute Gasteiger partial charge is 0.266 e. The zero-order valence-electron chi connectivity index (χ0n) is 16.2. The molecule has 2 rings (SSSR count). The summed E-state index contributed by atoms with van der Waals surface area (Å²) in [5, 5.41) is 12.3. The summed E-state index contributed by atoms with van der Waals surface area (Å²) in [4.78, 5) is 12.6. The molecule has 0 aromatic heterocycles. The molecule has 2 aromatic rings. The summed E-state index contributed by atoms with van der Waals surface area (Å²) in [6.45, 7) is 6.79. The van der Waals surface area contributed by atoms with E-state index in [9.17, 15) is 10.1 Å². The van der Waals surface area contributed by atoms with Crippen molar-refractivity contribution in [3.8, 4) is 11.8 Å². The van der Waals surface area contributed by atoms with Crippen molar-refractivity contribution in [3.05, 3.63) is 64.7 Å². The molecule has 0 spiro atoms. The molecule has 2 aromatic carbocycles. The van der Waals surface area contributed by atoms with Crippen molar-refractivity contribution in [2.75, 3.05) is 11.9 Å². The highest BCUT2D eigenvalue weighted by Gasteiger charge is 2.13. The van der Waals surface area contributed by atoms with Crippen molar-refractivity contribution in [2.45, 2.75) is 40.0 Å². The van der Waals surface area contributed by atoms with Crippen LogP contribution in [0.4, 0.5) is 5.69 Å². The molecule has 0 bridgehead atoms. The van der Waals surface area contributed by atoms with Crippen molar-refractivity contribution in [3.63, 3.8) is 0 Å². The first-order chi connectivity index (χ1) is 13.1. The maximum absolute atomic E-state index is 12.6. The lowest BCUT2D eigenvalue weighted by atomic mass is 10.0. The van der Waals surface area contributed by atoms with E-state index in [1.807, 2.05) is 62.4 Å². The molecule has 0 aliphatic heterocycles. The second-order valence-corrected chi connectivity index (χ2v) is 6.36. The van der Waals surface area contributed by atoms with Crippen LogP contribution in [-0.2, 0) is 11.2 Å². The third-order valence-electron chi connectivity index (χ3n) is 4.30. The van der Waals surface area contributed by atoms with Crippen molar-refractivity contribution >= 4 is 17.7 Å². The Hall–Kier alpha value is -3.06. The van der Waals surface area contributed by atoms with Gasteiger partial charge in [-0.3, -0.25) is 4.79 Å². The molecule has 0 fully saturated rings. The lowest BCUT2D eigenvalue weighted by molar-refractivity contribution is -0.112. The van der Waals surface area contributed by atoms with Crippen LogP contribution in [-0.4, -0.2) is 12.5 Å². The van der Waals surface area contributed by atoms with Crippen molar-refractivity contribution in [1.29, 1.82) is 5.26 Å². The van der Waals surface area contributed by atoms with E-state index in [-0.39, 0.29) is 5.57 Å². The Labute approximate surface area is 161 Å². The Balaban J connectivity index is 2.14. The lowest BCUT2D eigenvalue weighted by Gasteiger charge is -2.12. The summed E-state index contributed by atoms with van der Waals surface area (Å²) in [7, 11) is 0. The van der Waals surface area contributed by atoms with Gasteiger partial charge in [0, 0.05) is 5.69 Å². The topological polar surface area (TPSA) is 62.1 Å². The minimum atomic E-state index is -0.398. The summed E-state index contributed by atoms with van der Waals surface area (Å²) < 4.78 is 5.63. The molecule has 4 nitrogen and oxygen atoms in total. The zero-order chi connectivity index (χ0) is 19.6. The SMILES string of the molecule is CCCCOc1ccc(/C=C(\C#N)C(=O)Nc2c(C)cccc2CC)cc1. The lowest BCUT2D eigenvalue weighted by Crippen LogP contribution is -2.15. The van der Waals surface area contributed by atoms with Gasteiger partial charge in [-0.1, -0.05) is 50.6 Å². The first kappa shape index (κ1) is 20.3. The highest BCUT2D eigenvalue weighted by atomic mass is 16.5. The number of carbonyl (C=O) groups is 1. The Morgan fingerprint density at radius 2 is 1.93 bits per heavy atom. The molecule has 0 radical (unpaired) electrons. The molecule has 0 aliphatic rings. The zero-order valence-corrected chi connectivity index (χ0v) is 16.2. The number of nitriles is 1.